The fourth-order valence-corrected chi connectivity index (χ4v) is 5.45. The summed E-state index contributed by atoms with van der Waals surface area (Å²) in [4.78, 5) is 15.7. The first-order valence-electron chi connectivity index (χ1n) is 11.9. The van der Waals surface area contributed by atoms with Crippen LogP contribution in [0.15, 0.2) is 78.9 Å². The molecule has 2 fully saturated rings. The van der Waals surface area contributed by atoms with Gasteiger partial charge in [-0.3, -0.25) is 9.69 Å². The number of amides is 1. The van der Waals surface area contributed by atoms with Gasteiger partial charge >= 0.3 is 0 Å². The van der Waals surface area contributed by atoms with Crippen molar-refractivity contribution in [3.05, 3.63) is 101 Å². The molecule has 1 saturated carbocycles. The molecule has 0 aromatic heterocycles. The summed E-state index contributed by atoms with van der Waals surface area (Å²) in [6.45, 7) is 5.21. The summed E-state index contributed by atoms with van der Waals surface area (Å²) in [5.74, 6) is 2.10. The number of methoxy groups -OCH3 is 1. The molecule has 4 atom stereocenters. The van der Waals surface area contributed by atoms with Gasteiger partial charge < -0.3 is 10.1 Å². The van der Waals surface area contributed by atoms with Gasteiger partial charge in [-0.05, 0) is 36.0 Å². The van der Waals surface area contributed by atoms with Gasteiger partial charge in [0.2, 0.25) is 5.91 Å². The predicted octanol–water partition coefficient (Wildman–Crippen LogP) is 4.77. The molecule has 0 spiro atoms. The second-order valence-electron chi connectivity index (χ2n) is 9.51. The number of piperidine rings is 1. The fraction of sp³-hybridized carbons (Fsp3) is 0.345. The molecule has 0 radical (unpaired) electrons. The number of rotatable bonds is 8. The van der Waals surface area contributed by atoms with E-state index in [0.29, 0.717) is 24.3 Å². The van der Waals surface area contributed by atoms with Crippen LogP contribution in [0.3, 0.4) is 0 Å². The lowest BCUT2D eigenvalue weighted by Gasteiger charge is -2.22. The zero-order valence-electron chi connectivity index (χ0n) is 19.4. The third-order valence-electron chi connectivity index (χ3n) is 7.20. The van der Waals surface area contributed by atoms with Crippen LogP contribution in [0, 0.1) is 18.8 Å². The van der Waals surface area contributed by atoms with Crippen molar-refractivity contribution in [3.63, 3.8) is 0 Å². The lowest BCUT2D eigenvalue weighted by atomic mass is 9.87. The van der Waals surface area contributed by atoms with Crippen LogP contribution in [0.2, 0.25) is 0 Å². The van der Waals surface area contributed by atoms with Gasteiger partial charge in [-0.2, -0.15) is 0 Å². The minimum atomic E-state index is -0.0331. The second kappa shape index (κ2) is 9.40. The van der Waals surface area contributed by atoms with E-state index in [2.05, 4.69) is 71.7 Å². The number of aryl methyl sites for hydroxylation is 1. The van der Waals surface area contributed by atoms with Crippen molar-refractivity contribution in [2.24, 2.45) is 11.8 Å². The molecule has 0 bridgehead atoms. The van der Waals surface area contributed by atoms with Gasteiger partial charge in [-0.15, -0.1) is 0 Å². The molecule has 4 nitrogen and oxygen atoms in total. The normalized spacial score (nSPS) is 22.4. The van der Waals surface area contributed by atoms with Crippen LogP contribution >= 0.6 is 0 Å². The quantitative estimate of drug-likeness (QED) is 0.549. The highest BCUT2D eigenvalue weighted by Crippen LogP contribution is 2.46. The van der Waals surface area contributed by atoms with Crippen molar-refractivity contribution in [1.82, 2.24) is 10.2 Å². The Morgan fingerprint density at radius 1 is 1.00 bits per heavy atom. The van der Waals surface area contributed by atoms with Crippen molar-refractivity contribution in [2.75, 3.05) is 20.2 Å². The van der Waals surface area contributed by atoms with E-state index < -0.39 is 0 Å². The first kappa shape index (κ1) is 21.7. The summed E-state index contributed by atoms with van der Waals surface area (Å²) in [5, 5.41) is 3.36. The van der Waals surface area contributed by atoms with Crippen molar-refractivity contribution < 1.29 is 9.53 Å². The first-order valence-corrected chi connectivity index (χ1v) is 11.9. The molecule has 33 heavy (non-hydrogen) atoms. The van der Waals surface area contributed by atoms with Crippen LogP contribution in [0.25, 0.3) is 0 Å². The lowest BCUT2D eigenvalue weighted by molar-refractivity contribution is -0.121. The van der Waals surface area contributed by atoms with Gasteiger partial charge in [0.15, 0.2) is 0 Å². The van der Waals surface area contributed by atoms with Crippen LogP contribution in [-0.4, -0.2) is 37.0 Å². The Morgan fingerprint density at radius 2 is 1.67 bits per heavy atom. The Morgan fingerprint density at radius 3 is 2.33 bits per heavy atom. The van der Waals surface area contributed by atoms with Crippen LogP contribution in [0.1, 0.15) is 34.6 Å². The number of nitrogens with zero attached hydrogens (tertiary/aromatic N) is 1. The third-order valence-corrected chi connectivity index (χ3v) is 7.20. The molecule has 2 aliphatic rings. The molecule has 1 aliphatic heterocycles. The van der Waals surface area contributed by atoms with Crippen molar-refractivity contribution >= 4 is 5.91 Å². The van der Waals surface area contributed by atoms with E-state index in [9.17, 15) is 4.79 Å². The van der Waals surface area contributed by atoms with Crippen LogP contribution in [0.4, 0.5) is 0 Å². The number of carbonyl (C=O) groups is 1. The highest BCUT2D eigenvalue weighted by atomic mass is 16.5. The second-order valence-corrected chi connectivity index (χ2v) is 9.51. The van der Waals surface area contributed by atoms with E-state index in [1.807, 2.05) is 24.3 Å². The van der Waals surface area contributed by atoms with Crippen molar-refractivity contribution in [1.29, 1.82) is 0 Å². The van der Waals surface area contributed by atoms with E-state index in [1.165, 1.54) is 11.1 Å². The van der Waals surface area contributed by atoms with E-state index in [-0.39, 0.29) is 11.8 Å². The van der Waals surface area contributed by atoms with Crippen LogP contribution in [0.5, 0.6) is 5.75 Å². The average Bonchev–Trinajstić information content (AvgIpc) is 3.26. The molecule has 3 aromatic carbocycles. The number of ether oxygens (including phenoxy) is 1. The maximum atomic E-state index is 13.2. The highest BCUT2D eigenvalue weighted by Gasteiger charge is 2.56. The molecular formula is C29H32N2O2. The topological polar surface area (TPSA) is 41.6 Å². The predicted molar refractivity (Wildman–Crippen MR) is 131 cm³/mol. The van der Waals surface area contributed by atoms with Crippen LogP contribution in [-0.2, 0) is 11.3 Å². The number of benzene rings is 3. The number of carbonyl (C=O) groups excluding carboxylic acids is 1. The average molecular weight is 441 g/mol. The maximum absolute atomic E-state index is 13.2. The van der Waals surface area contributed by atoms with Gasteiger partial charge in [-0.25, -0.2) is 0 Å². The molecule has 2 unspecified atom stereocenters. The van der Waals surface area contributed by atoms with Gasteiger partial charge in [0.25, 0.3) is 0 Å². The van der Waals surface area contributed by atoms with Crippen molar-refractivity contribution in [2.45, 2.75) is 31.8 Å². The Kier molecular flexibility index (Phi) is 6.19. The molecule has 1 N–H and O–H groups in total. The molecular weight excluding hydrogens is 408 g/mol. The summed E-state index contributed by atoms with van der Waals surface area (Å²) in [5.41, 5.74) is 4.74. The fourth-order valence-electron chi connectivity index (χ4n) is 5.45. The first-order chi connectivity index (χ1) is 16.1. The Labute approximate surface area is 196 Å². The maximum Gasteiger partial charge on any atom is 0.221 e. The minimum absolute atomic E-state index is 0.0331. The molecule has 1 heterocycles. The van der Waals surface area contributed by atoms with E-state index in [4.69, 9.17) is 4.74 Å². The summed E-state index contributed by atoms with van der Waals surface area (Å²) >= 11 is 0. The lowest BCUT2D eigenvalue weighted by Crippen LogP contribution is -2.35. The minimum Gasteiger partial charge on any atom is -0.496 e. The summed E-state index contributed by atoms with van der Waals surface area (Å²) in [6.07, 6.45) is 0.424. The Balaban J connectivity index is 1.23. The summed E-state index contributed by atoms with van der Waals surface area (Å²) < 4.78 is 5.66. The zero-order valence-corrected chi connectivity index (χ0v) is 19.4. The molecule has 1 aliphatic carbocycles. The van der Waals surface area contributed by atoms with E-state index in [1.54, 1.807) is 7.11 Å². The monoisotopic (exact) mass is 440 g/mol. The number of hydrogen-bond donors (Lipinski definition) is 1. The zero-order chi connectivity index (χ0) is 22.8. The molecule has 170 valence electrons. The van der Waals surface area contributed by atoms with Crippen LogP contribution < -0.4 is 10.1 Å². The molecule has 1 saturated heterocycles. The van der Waals surface area contributed by atoms with Gasteiger partial charge in [0, 0.05) is 43.6 Å². The number of fused-ring (bicyclic) bond motifs is 1. The number of hydrogen-bond acceptors (Lipinski definition) is 3. The summed E-state index contributed by atoms with van der Waals surface area (Å²) in [6, 6.07) is 27.5. The molecule has 4 heteroatoms. The molecule has 5 rings (SSSR count). The van der Waals surface area contributed by atoms with Gasteiger partial charge in [0.05, 0.1) is 7.11 Å². The van der Waals surface area contributed by atoms with E-state index in [0.717, 1.165) is 36.5 Å². The number of likely N-dealkylation sites (tertiary alicyclic amines) is 1. The molecule has 3 aromatic rings. The Hall–Kier alpha value is -3.11. The van der Waals surface area contributed by atoms with Gasteiger partial charge in [0.1, 0.15) is 5.75 Å². The smallest absolute Gasteiger partial charge is 0.221 e. The van der Waals surface area contributed by atoms with Gasteiger partial charge in [-0.1, -0.05) is 78.4 Å². The van der Waals surface area contributed by atoms with Crippen molar-refractivity contribution in [3.8, 4) is 5.75 Å². The third kappa shape index (κ3) is 4.81. The SMILES string of the molecule is COc1ccc(C)cc1C(CC(=O)NC1[C@H]2CN(Cc3ccccc3)C[C@@H]12)c1ccccc1. The highest BCUT2D eigenvalue weighted by molar-refractivity contribution is 5.78. The van der Waals surface area contributed by atoms with E-state index >= 15 is 0 Å². The Bertz CT molecular complexity index is 1090. The molecule has 1 amide bonds. The summed E-state index contributed by atoms with van der Waals surface area (Å²) in [7, 11) is 1.70. The largest absolute Gasteiger partial charge is 0.496 e. The standard InChI is InChI=1S/C29H32N2O2/c1-20-13-14-27(33-2)24(15-20)23(22-11-7-4-8-12-22)16-28(32)30-29-25-18-31(19-26(25)29)17-21-9-5-3-6-10-21/h3-15,23,25-26,29H,16-19H2,1-2H3,(H,30,32)/t23?,25-,26+,29?. The number of nitrogens with one attached hydrogen (secondary N) is 1.